The second-order valence-corrected chi connectivity index (χ2v) is 7.83. The van der Waals surface area contributed by atoms with Crippen LogP contribution in [0.2, 0.25) is 0 Å². The molecular formula is C14H22N2O2S. The number of thioether (sulfide) groups is 1. The third-order valence-corrected chi connectivity index (χ3v) is 6.06. The standard InChI is InChI=1S/C14H22N2O2S/c1-3-4-14(2)12(18)16-13(19-14)15-10-6-9-5-8(10)7-11(9)17/h8-11,17H,3-7H2,1-2H3,(H,15,16,18)/t8-,9-,10+,11+,14+/m1/s1. The van der Waals surface area contributed by atoms with Crippen LogP contribution in [-0.2, 0) is 4.79 Å². The average Bonchev–Trinajstić information content (AvgIpc) is 2.94. The van der Waals surface area contributed by atoms with Gasteiger partial charge in [-0.3, -0.25) is 9.79 Å². The Hall–Kier alpha value is -0.550. The number of hydrogen-bond acceptors (Lipinski definition) is 4. The Morgan fingerprint density at radius 1 is 1.42 bits per heavy atom. The zero-order valence-corrected chi connectivity index (χ0v) is 12.4. The van der Waals surface area contributed by atoms with Crippen LogP contribution in [0.1, 0.15) is 46.0 Å². The van der Waals surface area contributed by atoms with E-state index >= 15 is 0 Å². The van der Waals surface area contributed by atoms with Crippen LogP contribution in [0, 0.1) is 11.8 Å². The van der Waals surface area contributed by atoms with Gasteiger partial charge in [-0.15, -0.1) is 0 Å². The SMILES string of the molecule is CCC[C@]1(C)SC(=N[C@H]2C[C@H]3C[C@@H]2C[C@@H]3O)NC1=O. The van der Waals surface area contributed by atoms with Crippen LogP contribution in [-0.4, -0.2) is 33.1 Å². The first kappa shape index (κ1) is 13.4. The van der Waals surface area contributed by atoms with Crippen molar-refractivity contribution in [1.82, 2.24) is 5.32 Å². The Labute approximate surface area is 118 Å². The largest absolute Gasteiger partial charge is 0.393 e. The molecule has 1 heterocycles. The molecule has 0 aromatic carbocycles. The van der Waals surface area contributed by atoms with Gasteiger partial charge in [0, 0.05) is 0 Å². The predicted molar refractivity (Wildman–Crippen MR) is 77.1 cm³/mol. The van der Waals surface area contributed by atoms with E-state index in [1.54, 1.807) is 11.8 Å². The molecule has 0 spiro atoms. The van der Waals surface area contributed by atoms with Crippen LogP contribution in [0.15, 0.2) is 4.99 Å². The zero-order chi connectivity index (χ0) is 13.6. The molecule has 5 heteroatoms. The van der Waals surface area contributed by atoms with Crippen LogP contribution >= 0.6 is 11.8 Å². The summed E-state index contributed by atoms with van der Waals surface area (Å²) in [5.74, 6) is 1.05. The second kappa shape index (κ2) is 4.77. The van der Waals surface area contributed by atoms with Gasteiger partial charge < -0.3 is 10.4 Å². The highest BCUT2D eigenvalue weighted by atomic mass is 32.2. The van der Waals surface area contributed by atoms with Gasteiger partial charge in [-0.2, -0.15) is 0 Å². The van der Waals surface area contributed by atoms with Crippen LogP contribution in [0.4, 0.5) is 0 Å². The first-order valence-corrected chi connectivity index (χ1v) is 8.10. The molecule has 3 aliphatic rings. The number of carbonyl (C=O) groups is 1. The van der Waals surface area contributed by atoms with E-state index in [1.807, 2.05) is 6.92 Å². The van der Waals surface area contributed by atoms with Gasteiger partial charge in [-0.1, -0.05) is 25.1 Å². The molecule has 3 fully saturated rings. The van der Waals surface area contributed by atoms with Crippen molar-refractivity contribution in [2.24, 2.45) is 16.8 Å². The van der Waals surface area contributed by atoms with Gasteiger partial charge in [0.2, 0.25) is 5.91 Å². The van der Waals surface area contributed by atoms with Crippen LogP contribution in [0.5, 0.6) is 0 Å². The number of aliphatic imine (C=N–C) groups is 1. The first-order valence-electron chi connectivity index (χ1n) is 7.28. The van der Waals surface area contributed by atoms with Gasteiger partial charge in [-0.05, 0) is 44.4 Å². The Morgan fingerprint density at radius 3 is 2.79 bits per heavy atom. The molecule has 2 saturated carbocycles. The van der Waals surface area contributed by atoms with Crippen molar-refractivity contribution in [2.75, 3.05) is 0 Å². The van der Waals surface area contributed by atoms with Crippen molar-refractivity contribution in [2.45, 2.75) is 62.8 Å². The minimum Gasteiger partial charge on any atom is -0.393 e. The number of aliphatic hydroxyl groups excluding tert-OH is 1. The number of carbonyl (C=O) groups excluding carboxylic acids is 1. The summed E-state index contributed by atoms with van der Waals surface area (Å²) in [5.41, 5.74) is 0. The molecule has 0 unspecified atom stereocenters. The number of nitrogens with one attached hydrogen (secondary N) is 1. The highest BCUT2D eigenvalue weighted by molar-refractivity contribution is 8.16. The van der Waals surface area contributed by atoms with Crippen molar-refractivity contribution >= 4 is 22.8 Å². The molecule has 2 N–H and O–H groups in total. The van der Waals surface area contributed by atoms with Crippen molar-refractivity contribution in [3.05, 3.63) is 0 Å². The van der Waals surface area contributed by atoms with Crippen molar-refractivity contribution in [3.8, 4) is 0 Å². The van der Waals surface area contributed by atoms with E-state index in [1.165, 1.54) is 0 Å². The fraction of sp³-hybridized carbons (Fsp3) is 0.857. The summed E-state index contributed by atoms with van der Waals surface area (Å²) in [6, 6.07) is 0.306. The first-order chi connectivity index (χ1) is 9.01. The maximum atomic E-state index is 12.0. The fourth-order valence-electron chi connectivity index (χ4n) is 3.74. The average molecular weight is 282 g/mol. The number of fused-ring (bicyclic) bond motifs is 2. The number of aliphatic hydroxyl groups is 1. The summed E-state index contributed by atoms with van der Waals surface area (Å²) in [6.45, 7) is 4.11. The molecule has 1 saturated heterocycles. The predicted octanol–water partition coefficient (Wildman–Crippen LogP) is 1.92. The van der Waals surface area contributed by atoms with E-state index in [0.717, 1.165) is 37.3 Å². The molecule has 3 rings (SSSR count). The Morgan fingerprint density at radius 2 is 2.21 bits per heavy atom. The molecule has 4 nitrogen and oxygen atoms in total. The smallest absolute Gasteiger partial charge is 0.242 e. The van der Waals surface area contributed by atoms with Crippen LogP contribution in [0.3, 0.4) is 0 Å². The van der Waals surface area contributed by atoms with E-state index in [0.29, 0.717) is 17.9 Å². The maximum absolute atomic E-state index is 12.0. The molecule has 1 aliphatic heterocycles. The van der Waals surface area contributed by atoms with E-state index < -0.39 is 0 Å². The number of nitrogens with zero attached hydrogens (tertiary/aromatic N) is 1. The van der Waals surface area contributed by atoms with Crippen molar-refractivity contribution < 1.29 is 9.90 Å². The third kappa shape index (κ3) is 2.31. The maximum Gasteiger partial charge on any atom is 0.242 e. The van der Waals surface area contributed by atoms with Crippen LogP contribution < -0.4 is 5.32 Å². The van der Waals surface area contributed by atoms with Gasteiger partial charge in [0.25, 0.3) is 0 Å². The van der Waals surface area contributed by atoms with E-state index in [9.17, 15) is 9.90 Å². The number of amidine groups is 1. The summed E-state index contributed by atoms with van der Waals surface area (Å²) in [6.07, 6.45) is 4.75. The summed E-state index contributed by atoms with van der Waals surface area (Å²) < 4.78 is -0.343. The van der Waals surface area contributed by atoms with Crippen molar-refractivity contribution in [1.29, 1.82) is 0 Å². The summed E-state index contributed by atoms with van der Waals surface area (Å²) in [7, 11) is 0. The lowest BCUT2D eigenvalue weighted by Crippen LogP contribution is -2.34. The highest BCUT2D eigenvalue weighted by Crippen LogP contribution is 2.47. The van der Waals surface area contributed by atoms with Gasteiger partial charge in [-0.25, -0.2) is 0 Å². The van der Waals surface area contributed by atoms with E-state index in [-0.39, 0.29) is 16.8 Å². The van der Waals surface area contributed by atoms with E-state index in [4.69, 9.17) is 4.99 Å². The molecule has 0 aromatic rings. The molecular weight excluding hydrogens is 260 g/mol. The quantitative estimate of drug-likeness (QED) is 0.831. The lowest BCUT2D eigenvalue weighted by Gasteiger charge is -2.22. The molecule has 0 aromatic heterocycles. The van der Waals surface area contributed by atoms with E-state index in [2.05, 4.69) is 12.2 Å². The topological polar surface area (TPSA) is 61.7 Å². The zero-order valence-electron chi connectivity index (χ0n) is 11.6. The Kier molecular flexibility index (Phi) is 3.38. The monoisotopic (exact) mass is 282 g/mol. The Balaban J connectivity index is 1.68. The second-order valence-electron chi connectivity index (χ2n) is 6.33. The summed E-state index contributed by atoms with van der Waals surface area (Å²) >= 11 is 1.59. The highest BCUT2D eigenvalue weighted by Gasteiger charge is 2.47. The minimum atomic E-state index is -0.343. The Bertz CT molecular complexity index is 424. The molecule has 2 bridgehead atoms. The van der Waals surface area contributed by atoms with Gasteiger partial charge in [0.15, 0.2) is 5.17 Å². The molecule has 0 radical (unpaired) electrons. The molecule has 5 atom stereocenters. The molecule has 19 heavy (non-hydrogen) atoms. The van der Waals surface area contributed by atoms with Gasteiger partial charge >= 0.3 is 0 Å². The molecule has 2 aliphatic carbocycles. The fourth-order valence-corrected chi connectivity index (χ4v) is 4.95. The third-order valence-electron chi connectivity index (χ3n) is 4.82. The number of amides is 1. The summed E-state index contributed by atoms with van der Waals surface area (Å²) in [5, 5.41) is 13.5. The lowest BCUT2D eigenvalue weighted by molar-refractivity contribution is -0.121. The van der Waals surface area contributed by atoms with Crippen LogP contribution in [0.25, 0.3) is 0 Å². The number of hydrogen-bond donors (Lipinski definition) is 2. The lowest BCUT2D eigenvalue weighted by atomic mass is 9.94. The summed E-state index contributed by atoms with van der Waals surface area (Å²) in [4.78, 5) is 16.8. The minimum absolute atomic E-state index is 0.0984. The molecule has 1 amide bonds. The number of rotatable bonds is 3. The van der Waals surface area contributed by atoms with Gasteiger partial charge in [0.1, 0.15) is 0 Å². The van der Waals surface area contributed by atoms with Gasteiger partial charge in [0.05, 0.1) is 16.9 Å². The normalized spacial score (nSPS) is 47.1. The molecule has 106 valence electrons. The van der Waals surface area contributed by atoms with Crippen molar-refractivity contribution in [3.63, 3.8) is 0 Å².